The van der Waals surface area contributed by atoms with Crippen molar-refractivity contribution in [2.24, 2.45) is 0 Å². The van der Waals surface area contributed by atoms with E-state index < -0.39 is 0 Å². The van der Waals surface area contributed by atoms with Crippen LogP contribution in [0.4, 0.5) is 5.69 Å². The van der Waals surface area contributed by atoms with Crippen LogP contribution < -0.4 is 15.2 Å². The second-order valence-corrected chi connectivity index (χ2v) is 3.58. The smallest absolute Gasteiger partial charge is 0.142 e. The Bertz CT molecular complexity index is 350. The molecule has 0 saturated heterocycles. The highest BCUT2D eigenvalue weighted by molar-refractivity contribution is 5.56. The predicted octanol–water partition coefficient (Wildman–Crippen LogP) is 3.01. The monoisotopic (exact) mass is 221 g/mol. The Hall–Kier alpha value is -1.64. The van der Waals surface area contributed by atoms with Gasteiger partial charge in [0.25, 0.3) is 0 Å². The lowest BCUT2D eigenvalue weighted by molar-refractivity contribution is 0.237. The van der Waals surface area contributed by atoms with E-state index in [0.717, 1.165) is 18.6 Å². The highest BCUT2D eigenvalue weighted by Gasteiger charge is 2.06. The summed E-state index contributed by atoms with van der Waals surface area (Å²) in [4.78, 5) is 0. The van der Waals surface area contributed by atoms with E-state index in [2.05, 4.69) is 13.5 Å². The molecule has 0 fully saturated rings. The quantitative estimate of drug-likeness (QED) is 0.593. The normalized spacial score (nSPS) is 11.9. The highest BCUT2D eigenvalue weighted by atomic mass is 16.5. The van der Waals surface area contributed by atoms with Crippen molar-refractivity contribution >= 4 is 5.69 Å². The summed E-state index contributed by atoms with van der Waals surface area (Å²) in [5.74, 6) is 1.41. The topological polar surface area (TPSA) is 44.5 Å². The lowest BCUT2D eigenvalue weighted by Crippen LogP contribution is -2.12. The molecule has 1 aromatic rings. The molecule has 16 heavy (non-hydrogen) atoms. The first kappa shape index (κ1) is 12.4. The number of nitrogens with two attached hydrogens (primary N) is 1. The first-order valence-electron chi connectivity index (χ1n) is 5.44. The van der Waals surface area contributed by atoms with Gasteiger partial charge >= 0.3 is 0 Å². The Balaban J connectivity index is 2.73. The standard InChI is InChI=1S/C13H19NO2/c1-4-6-10(5-2)16-11-7-8-13(15-3)12(14)9-11/h5,7-10H,2,4,6,14H2,1,3H3. The minimum absolute atomic E-state index is 0.0396. The minimum atomic E-state index is 0.0396. The van der Waals surface area contributed by atoms with Crippen molar-refractivity contribution in [1.82, 2.24) is 0 Å². The van der Waals surface area contributed by atoms with Crippen molar-refractivity contribution in [2.75, 3.05) is 12.8 Å². The number of rotatable bonds is 6. The van der Waals surface area contributed by atoms with Crippen LogP contribution >= 0.6 is 0 Å². The Morgan fingerprint density at radius 1 is 1.50 bits per heavy atom. The number of ether oxygens (including phenoxy) is 2. The molecular formula is C13H19NO2. The van der Waals surface area contributed by atoms with Crippen LogP contribution in [0.1, 0.15) is 19.8 Å². The van der Waals surface area contributed by atoms with E-state index in [0.29, 0.717) is 11.4 Å². The molecule has 1 atom stereocenters. The van der Waals surface area contributed by atoms with Gasteiger partial charge in [-0.05, 0) is 18.6 Å². The largest absolute Gasteiger partial charge is 0.495 e. The molecule has 2 N–H and O–H groups in total. The minimum Gasteiger partial charge on any atom is -0.495 e. The van der Waals surface area contributed by atoms with Crippen LogP contribution in [0.2, 0.25) is 0 Å². The van der Waals surface area contributed by atoms with Crippen molar-refractivity contribution in [1.29, 1.82) is 0 Å². The Kier molecular flexibility index (Phi) is 4.70. The Labute approximate surface area is 96.9 Å². The Morgan fingerprint density at radius 2 is 2.25 bits per heavy atom. The highest BCUT2D eigenvalue weighted by Crippen LogP contribution is 2.27. The van der Waals surface area contributed by atoms with Gasteiger partial charge in [-0.1, -0.05) is 26.0 Å². The molecule has 0 amide bonds. The molecule has 1 aromatic carbocycles. The van der Waals surface area contributed by atoms with Crippen LogP contribution in [0, 0.1) is 0 Å². The molecule has 0 spiro atoms. The number of anilines is 1. The predicted molar refractivity (Wildman–Crippen MR) is 66.9 cm³/mol. The van der Waals surface area contributed by atoms with Crippen LogP contribution in [-0.4, -0.2) is 13.2 Å². The summed E-state index contributed by atoms with van der Waals surface area (Å²) in [5, 5.41) is 0. The van der Waals surface area contributed by atoms with Gasteiger partial charge in [-0.25, -0.2) is 0 Å². The van der Waals surface area contributed by atoms with Gasteiger partial charge in [0.05, 0.1) is 12.8 Å². The Morgan fingerprint density at radius 3 is 2.75 bits per heavy atom. The summed E-state index contributed by atoms with van der Waals surface area (Å²) in [7, 11) is 1.59. The third-order valence-electron chi connectivity index (χ3n) is 2.32. The second kappa shape index (κ2) is 6.05. The molecule has 0 aliphatic carbocycles. The molecule has 1 unspecified atom stereocenters. The fraction of sp³-hybridized carbons (Fsp3) is 0.385. The molecule has 0 bridgehead atoms. The zero-order chi connectivity index (χ0) is 12.0. The third-order valence-corrected chi connectivity index (χ3v) is 2.32. The van der Waals surface area contributed by atoms with Crippen molar-refractivity contribution in [3.05, 3.63) is 30.9 Å². The number of methoxy groups -OCH3 is 1. The molecule has 3 nitrogen and oxygen atoms in total. The van der Waals surface area contributed by atoms with E-state index in [1.165, 1.54) is 0 Å². The fourth-order valence-corrected chi connectivity index (χ4v) is 1.47. The molecule has 0 aliphatic heterocycles. The van der Waals surface area contributed by atoms with Gasteiger partial charge in [-0.3, -0.25) is 0 Å². The van der Waals surface area contributed by atoms with Crippen LogP contribution in [0.5, 0.6) is 11.5 Å². The van der Waals surface area contributed by atoms with Gasteiger partial charge in [0.1, 0.15) is 17.6 Å². The van der Waals surface area contributed by atoms with Gasteiger partial charge < -0.3 is 15.2 Å². The SMILES string of the molecule is C=CC(CCC)Oc1ccc(OC)c(N)c1. The van der Waals surface area contributed by atoms with Crippen LogP contribution in [0.25, 0.3) is 0 Å². The molecule has 0 aromatic heterocycles. The van der Waals surface area contributed by atoms with Crippen LogP contribution in [0.15, 0.2) is 30.9 Å². The molecule has 0 saturated carbocycles. The van der Waals surface area contributed by atoms with Crippen LogP contribution in [-0.2, 0) is 0 Å². The van der Waals surface area contributed by atoms with E-state index >= 15 is 0 Å². The summed E-state index contributed by atoms with van der Waals surface area (Å²) in [6.07, 6.45) is 3.86. The summed E-state index contributed by atoms with van der Waals surface area (Å²) in [5.41, 5.74) is 6.37. The van der Waals surface area contributed by atoms with Crippen molar-refractivity contribution in [3.63, 3.8) is 0 Å². The number of hydrogen-bond acceptors (Lipinski definition) is 3. The second-order valence-electron chi connectivity index (χ2n) is 3.58. The zero-order valence-corrected chi connectivity index (χ0v) is 9.90. The third kappa shape index (κ3) is 3.19. The molecule has 1 rings (SSSR count). The lowest BCUT2D eigenvalue weighted by atomic mass is 10.2. The molecule has 0 heterocycles. The summed E-state index contributed by atoms with van der Waals surface area (Å²) < 4.78 is 10.8. The van der Waals surface area contributed by atoms with E-state index in [-0.39, 0.29) is 6.10 Å². The molecule has 3 heteroatoms. The molecule has 0 radical (unpaired) electrons. The van der Waals surface area contributed by atoms with Crippen molar-refractivity contribution in [3.8, 4) is 11.5 Å². The fourth-order valence-electron chi connectivity index (χ4n) is 1.47. The van der Waals surface area contributed by atoms with Gasteiger partial charge in [0.2, 0.25) is 0 Å². The maximum atomic E-state index is 5.79. The maximum Gasteiger partial charge on any atom is 0.142 e. The van der Waals surface area contributed by atoms with Gasteiger partial charge in [0.15, 0.2) is 0 Å². The number of nitrogen functional groups attached to an aromatic ring is 1. The van der Waals surface area contributed by atoms with Gasteiger partial charge in [-0.2, -0.15) is 0 Å². The van der Waals surface area contributed by atoms with E-state index in [1.54, 1.807) is 19.2 Å². The van der Waals surface area contributed by atoms with Gasteiger partial charge in [-0.15, -0.1) is 0 Å². The van der Waals surface area contributed by atoms with E-state index in [1.807, 2.05) is 12.1 Å². The average molecular weight is 221 g/mol. The molecule has 88 valence electrons. The number of benzene rings is 1. The summed E-state index contributed by atoms with van der Waals surface area (Å²) >= 11 is 0. The van der Waals surface area contributed by atoms with E-state index in [4.69, 9.17) is 15.2 Å². The maximum absolute atomic E-state index is 5.79. The first-order chi connectivity index (χ1) is 7.71. The summed E-state index contributed by atoms with van der Waals surface area (Å²) in [6.45, 7) is 5.86. The van der Waals surface area contributed by atoms with Gasteiger partial charge in [0, 0.05) is 6.07 Å². The summed E-state index contributed by atoms with van der Waals surface area (Å²) in [6, 6.07) is 5.42. The molecule has 0 aliphatic rings. The molecular weight excluding hydrogens is 202 g/mol. The average Bonchev–Trinajstić information content (AvgIpc) is 2.28. The van der Waals surface area contributed by atoms with Crippen molar-refractivity contribution in [2.45, 2.75) is 25.9 Å². The zero-order valence-electron chi connectivity index (χ0n) is 9.90. The van der Waals surface area contributed by atoms with E-state index in [9.17, 15) is 0 Å². The lowest BCUT2D eigenvalue weighted by Gasteiger charge is -2.15. The number of hydrogen-bond donors (Lipinski definition) is 1. The first-order valence-corrected chi connectivity index (χ1v) is 5.44. The van der Waals surface area contributed by atoms with Crippen LogP contribution in [0.3, 0.4) is 0 Å². The van der Waals surface area contributed by atoms with Crippen molar-refractivity contribution < 1.29 is 9.47 Å².